The van der Waals surface area contributed by atoms with Gasteiger partial charge in [-0.15, -0.1) is 0 Å². The van der Waals surface area contributed by atoms with Gasteiger partial charge in [-0.3, -0.25) is 9.82 Å². The SMILES string of the molecule is CNOC(C#N)c1cncc2cc(C)cc(Cl)c12. The van der Waals surface area contributed by atoms with E-state index >= 15 is 0 Å². The predicted octanol–water partition coefficient (Wildman–Crippen LogP) is 2.91. The fourth-order valence-electron chi connectivity index (χ4n) is 1.91. The lowest BCUT2D eigenvalue weighted by Crippen LogP contribution is -2.13. The molecule has 1 unspecified atom stereocenters. The van der Waals surface area contributed by atoms with Crippen LogP contribution in [0.4, 0.5) is 0 Å². The molecule has 4 nitrogen and oxygen atoms in total. The van der Waals surface area contributed by atoms with E-state index < -0.39 is 6.10 Å². The number of benzene rings is 1. The molecule has 0 saturated heterocycles. The summed E-state index contributed by atoms with van der Waals surface area (Å²) >= 11 is 6.26. The molecule has 0 saturated carbocycles. The minimum atomic E-state index is -0.744. The Bertz CT molecular complexity index is 621. The van der Waals surface area contributed by atoms with E-state index in [9.17, 15) is 0 Å². The Morgan fingerprint density at radius 2 is 2.22 bits per heavy atom. The Morgan fingerprint density at radius 1 is 1.44 bits per heavy atom. The lowest BCUT2D eigenvalue weighted by atomic mass is 10.0. The molecule has 2 aromatic rings. The number of pyridine rings is 1. The maximum atomic E-state index is 9.13. The standard InChI is InChI=1S/C13H12ClN3O/c1-8-3-9-6-17-7-10(12(5-15)18-16-2)13(9)11(14)4-8/h3-4,6-7,12,16H,1-2H3. The summed E-state index contributed by atoms with van der Waals surface area (Å²) in [5, 5.41) is 11.4. The van der Waals surface area contributed by atoms with Crippen molar-refractivity contribution < 1.29 is 4.84 Å². The Morgan fingerprint density at radius 3 is 2.89 bits per heavy atom. The number of nitriles is 1. The van der Waals surface area contributed by atoms with E-state index in [1.54, 1.807) is 19.4 Å². The van der Waals surface area contributed by atoms with Crippen molar-refractivity contribution in [2.45, 2.75) is 13.0 Å². The van der Waals surface area contributed by atoms with Crippen molar-refractivity contribution in [3.05, 3.63) is 40.7 Å². The first-order valence-electron chi connectivity index (χ1n) is 5.43. The van der Waals surface area contributed by atoms with Crippen LogP contribution in [0, 0.1) is 18.3 Å². The molecule has 1 N–H and O–H groups in total. The molecule has 0 aliphatic carbocycles. The molecule has 92 valence electrons. The van der Waals surface area contributed by atoms with Crippen molar-refractivity contribution in [1.29, 1.82) is 5.26 Å². The highest BCUT2D eigenvalue weighted by atomic mass is 35.5. The van der Waals surface area contributed by atoms with Crippen molar-refractivity contribution in [3.63, 3.8) is 0 Å². The quantitative estimate of drug-likeness (QED) is 0.863. The van der Waals surface area contributed by atoms with Crippen LogP contribution in [0.5, 0.6) is 0 Å². The van der Waals surface area contributed by atoms with E-state index in [0.717, 1.165) is 16.3 Å². The predicted molar refractivity (Wildman–Crippen MR) is 70.0 cm³/mol. The summed E-state index contributed by atoms with van der Waals surface area (Å²) in [6.45, 7) is 1.96. The normalized spacial score (nSPS) is 12.3. The van der Waals surface area contributed by atoms with E-state index in [0.29, 0.717) is 10.6 Å². The molecule has 1 aromatic carbocycles. The first kappa shape index (κ1) is 12.8. The molecule has 1 atom stereocenters. The summed E-state index contributed by atoms with van der Waals surface area (Å²) < 4.78 is 0. The molecule has 0 spiro atoms. The second-order valence-electron chi connectivity index (χ2n) is 3.90. The van der Waals surface area contributed by atoms with Gasteiger partial charge >= 0.3 is 0 Å². The Hall–Kier alpha value is -1.67. The van der Waals surface area contributed by atoms with Crippen LogP contribution in [0.25, 0.3) is 10.8 Å². The van der Waals surface area contributed by atoms with Crippen LogP contribution in [0.2, 0.25) is 5.02 Å². The maximum Gasteiger partial charge on any atom is 0.192 e. The summed E-state index contributed by atoms with van der Waals surface area (Å²) in [5.74, 6) is 0. The number of nitrogens with zero attached hydrogens (tertiary/aromatic N) is 2. The highest BCUT2D eigenvalue weighted by Gasteiger charge is 2.17. The topological polar surface area (TPSA) is 57.9 Å². The number of aryl methyl sites for hydroxylation is 1. The van der Waals surface area contributed by atoms with Crippen LogP contribution in [0.3, 0.4) is 0 Å². The number of halogens is 1. The minimum Gasteiger partial charge on any atom is -0.279 e. The summed E-state index contributed by atoms with van der Waals surface area (Å²) in [5.41, 5.74) is 4.23. The second kappa shape index (κ2) is 5.32. The molecule has 5 heteroatoms. The van der Waals surface area contributed by atoms with Gasteiger partial charge in [-0.2, -0.15) is 5.26 Å². The minimum absolute atomic E-state index is 0.599. The number of hydroxylamine groups is 1. The monoisotopic (exact) mass is 261 g/mol. The Labute approximate surface area is 110 Å². The molecule has 1 aromatic heterocycles. The zero-order valence-electron chi connectivity index (χ0n) is 10.1. The Balaban J connectivity index is 2.68. The third-order valence-electron chi connectivity index (χ3n) is 2.62. The first-order chi connectivity index (χ1) is 8.67. The molecule has 0 amide bonds. The van der Waals surface area contributed by atoms with Crippen LogP contribution >= 0.6 is 11.6 Å². The number of fused-ring (bicyclic) bond motifs is 1. The van der Waals surface area contributed by atoms with Gasteiger partial charge < -0.3 is 0 Å². The molecular weight excluding hydrogens is 250 g/mol. The number of nitrogens with one attached hydrogen (secondary N) is 1. The molecule has 2 rings (SSSR count). The number of hydrogen-bond donors (Lipinski definition) is 1. The van der Waals surface area contributed by atoms with Crippen molar-refractivity contribution in [2.75, 3.05) is 7.05 Å². The van der Waals surface area contributed by atoms with E-state index in [1.807, 2.05) is 19.1 Å². The number of aromatic nitrogens is 1. The van der Waals surface area contributed by atoms with E-state index in [4.69, 9.17) is 21.7 Å². The lowest BCUT2D eigenvalue weighted by molar-refractivity contribution is 0.0189. The molecule has 0 bridgehead atoms. The summed E-state index contributed by atoms with van der Waals surface area (Å²) in [7, 11) is 1.61. The molecular formula is C13H12ClN3O. The number of rotatable bonds is 3. The van der Waals surface area contributed by atoms with Gasteiger partial charge in [-0.05, 0) is 24.6 Å². The third-order valence-corrected chi connectivity index (χ3v) is 2.91. The second-order valence-corrected chi connectivity index (χ2v) is 4.31. The fraction of sp³-hybridized carbons (Fsp3) is 0.231. The first-order valence-corrected chi connectivity index (χ1v) is 5.81. The van der Waals surface area contributed by atoms with Crippen LogP contribution < -0.4 is 5.48 Å². The highest BCUT2D eigenvalue weighted by molar-refractivity contribution is 6.35. The van der Waals surface area contributed by atoms with Crippen molar-refractivity contribution in [3.8, 4) is 6.07 Å². The number of hydrogen-bond acceptors (Lipinski definition) is 4. The van der Waals surface area contributed by atoms with E-state index in [2.05, 4.69) is 16.5 Å². The molecule has 18 heavy (non-hydrogen) atoms. The molecule has 0 radical (unpaired) electrons. The van der Waals surface area contributed by atoms with Crippen molar-refractivity contribution in [2.24, 2.45) is 0 Å². The highest BCUT2D eigenvalue weighted by Crippen LogP contribution is 2.31. The Kier molecular flexibility index (Phi) is 3.78. The largest absolute Gasteiger partial charge is 0.279 e. The molecule has 1 heterocycles. The van der Waals surface area contributed by atoms with Crippen LogP contribution in [0.15, 0.2) is 24.5 Å². The van der Waals surface area contributed by atoms with Gasteiger partial charge in [0.05, 0.1) is 0 Å². The van der Waals surface area contributed by atoms with Gasteiger partial charge in [0.15, 0.2) is 6.10 Å². The maximum absolute atomic E-state index is 9.13. The van der Waals surface area contributed by atoms with Crippen LogP contribution in [0.1, 0.15) is 17.2 Å². The molecule has 0 aliphatic rings. The van der Waals surface area contributed by atoms with Gasteiger partial charge in [0.1, 0.15) is 6.07 Å². The zero-order valence-corrected chi connectivity index (χ0v) is 10.8. The van der Waals surface area contributed by atoms with Gasteiger partial charge in [0.2, 0.25) is 0 Å². The summed E-state index contributed by atoms with van der Waals surface area (Å²) in [6.07, 6.45) is 2.59. The fourth-order valence-corrected chi connectivity index (χ4v) is 2.30. The van der Waals surface area contributed by atoms with Crippen molar-refractivity contribution in [1.82, 2.24) is 10.5 Å². The van der Waals surface area contributed by atoms with E-state index in [1.165, 1.54) is 0 Å². The van der Waals surface area contributed by atoms with Crippen LogP contribution in [-0.4, -0.2) is 12.0 Å². The van der Waals surface area contributed by atoms with Gasteiger partial charge in [-0.1, -0.05) is 11.6 Å². The third kappa shape index (κ3) is 2.29. The molecule has 0 aliphatic heterocycles. The van der Waals surface area contributed by atoms with Gasteiger partial charge in [0, 0.05) is 40.8 Å². The van der Waals surface area contributed by atoms with Gasteiger partial charge in [0.25, 0.3) is 0 Å². The van der Waals surface area contributed by atoms with Crippen molar-refractivity contribution >= 4 is 22.4 Å². The lowest BCUT2D eigenvalue weighted by Gasteiger charge is -2.13. The molecule has 0 fully saturated rings. The summed E-state index contributed by atoms with van der Waals surface area (Å²) in [4.78, 5) is 9.29. The average Bonchev–Trinajstić information content (AvgIpc) is 2.34. The van der Waals surface area contributed by atoms with E-state index in [-0.39, 0.29) is 0 Å². The van der Waals surface area contributed by atoms with Crippen LogP contribution in [-0.2, 0) is 4.84 Å². The summed E-state index contributed by atoms with van der Waals surface area (Å²) in [6, 6.07) is 5.91. The van der Waals surface area contributed by atoms with Gasteiger partial charge in [-0.25, -0.2) is 5.48 Å². The smallest absolute Gasteiger partial charge is 0.192 e. The average molecular weight is 262 g/mol. The zero-order chi connectivity index (χ0) is 13.1.